The molecule has 0 aliphatic heterocycles. The number of benzene rings is 2. The van der Waals surface area contributed by atoms with Crippen LogP contribution in [-0.2, 0) is 0 Å². The van der Waals surface area contributed by atoms with Gasteiger partial charge in [-0.25, -0.2) is 4.39 Å². The van der Waals surface area contributed by atoms with Crippen LogP contribution in [0.5, 0.6) is 11.5 Å². The van der Waals surface area contributed by atoms with E-state index >= 15 is 0 Å². The molecule has 0 fully saturated rings. The van der Waals surface area contributed by atoms with Crippen LogP contribution in [0.4, 0.5) is 4.39 Å². The zero-order valence-corrected chi connectivity index (χ0v) is 10.8. The molecule has 2 aromatic rings. The number of carbonyl (C=O) groups is 1. The predicted molar refractivity (Wildman–Crippen MR) is 71.0 cm³/mol. The molecule has 0 bridgehead atoms. The Hall–Kier alpha value is -1.43. The third kappa shape index (κ3) is 2.82. The number of aldehydes is 1. The van der Waals surface area contributed by atoms with Gasteiger partial charge in [0.15, 0.2) is 17.9 Å². The van der Waals surface area contributed by atoms with Gasteiger partial charge in [0.05, 0.1) is 5.56 Å². The highest BCUT2D eigenvalue weighted by atomic mass is 127. The fourth-order valence-corrected chi connectivity index (χ4v) is 1.89. The molecular weight excluding hydrogens is 334 g/mol. The first-order valence-corrected chi connectivity index (χ1v) is 5.95. The highest BCUT2D eigenvalue weighted by molar-refractivity contribution is 14.1. The van der Waals surface area contributed by atoms with Gasteiger partial charge in [-0.3, -0.25) is 4.79 Å². The van der Waals surface area contributed by atoms with Crippen molar-refractivity contribution in [2.24, 2.45) is 0 Å². The molecule has 0 amide bonds. The second-order valence-electron chi connectivity index (χ2n) is 3.34. The second-order valence-corrected chi connectivity index (χ2v) is 4.58. The molecule has 0 spiro atoms. The van der Waals surface area contributed by atoms with Crippen molar-refractivity contribution in [1.29, 1.82) is 0 Å². The van der Waals surface area contributed by atoms with Gasteiger partial charge < -0.3 is 4.74 Å². The number of carbonyl (C=O) groups excluding carboxylic acids is 1. The lowest BCUT2D eigenvalue weighted by Crippen LogP contribution is -1.94. The Kier molecular flexibility index (Phi) is 3.73. The van der Waals surface area contributed by atoms with E-state index in [4.69, 9.17) is 4.74 Å². The Labute approximate surface area is 112 Å². The summed E-state index contributed by atoms with van der Waals surface area (Å²) in [4.78, 5) is 10.8. The van der Waals surface area contributed by atoms with Crippen LogP contribution in [0.2, 0.25) is 0 Å². The van der Waals surface area contributed by atoms with Crippen molar-refractivity contribution in [3.8, 4) is 11.5 Å². The highest BCUT2D eigenvalue weighted by Gasteiger charge is 2.10. The fraction of sp³-hybridized carbons (Fsp3) is 0. The molecule has 0 aromatic heterocycles. The minimum absolute atomic E-state index is 0.0375. The average molecular weight is 342 g/mol. The van der Waals surface area contributed by atoms with Crippen LogP contribution in [-0.4, -0.2) is 6.29 Å². The largest absolute Gasteiger partial charge is 0.453 e. The molecule has 2 nitrogen and oxygen atoms in total. The van der Waals surface area contributed by atoms with Crippen molar-refractivity contribution in [2.75, 3.05) is 0 Å². The molecule has 0 heterocycles. The standard InChI is InChI=1S/C13H8FIO2/c14-12-6-1-3-9(8-16)13(12)17-11-5-2-4-10(15)7-11/h1-8H. The molecule has 0 aliphatic rings. The number of ether oxygens (including phenoxy) is 1. The van der Waals surface area contributed by atoms with Gasteiger partial charge in [0.2, 0.25) is 0 Å². The smallest absolute Gasteiger partial charge is 0.173 e. The third-order valence-corrected chi connectivity index (χ3v) is 2.81. The van der Waals surface area contributed by atoms with E-state index in [1.165, 1.54) is 18.2 Å². The molecule has 0 unspecified atom stereocenters. The summed E-state index contributed by atoms with van der Waals surface area (Å²) in [6, 6.07) is 11.4. The second kappa shape index (κ2) is 5.27. The zero-order chi connectivity index (χ0) is 12.3. The first-order chi connectivity index (χ1) is 8.20. The summed E-state index contributed by atoms with van der Waals surface area (Å²) in [5, 5.41) is 0. The minimum Gasteiger partial charge on any atom is -0.453 e. The lowest BCUT2D eigenvalue weighted by molar-refractivity contribution is 0.112. The van der Waals surface area contributed by atoms with Gasteiger partial charge >= 0.3 is 0 Å². The average Bonchev–Trinajstić information content (AvgIpc) is 2.32. The SMILES string of the molecule is O=Cc1cccc(F)c1Oc1cccc(I)c1. The molecule has 17 heavy (non-hydrogen) atoms. The molecule has 4 heteroatoms. The molecule has 0 aliphatic carbocycles. The van der Waals surface area contributed by atoms with Crippen LogP contribution in [0.1, 0.15) is 10.4 Å². The van der Waals surface area contributed by atoms with Gasteiger partial charge in [-0.05, 0) is 52.9 Å². The van der Waals surface area contributed by atoms with Crippen LogP contribution >= 0.6 is 22.6 Å². The van der Waals surface area contributed by atoms with E-state index in [9.17, 15) is 9.18 Å². The summed E-state index contributed by atoms with van der Waals surface area (Å²) in [5.41, 5.74) is 0.198. The Balaban J connectivity index is 2.39. The molecule has 2 rings (SSSR count). The van der Waals surface area contributed by atoms with Crippen molar-refractivity contribution in [2.45, 2.75) is 0 Å². The summed E-state index contributed by atoms with van der Waals surface area (Å²) in [6.07, 6.45) is 0.576. The van der Waals surface area contributed by atoms with Crippen molar-refractivity contribution < 1.29 is 13.9 Å². The van der Waals surface area contributed by atoms with Crippen molar-refractivity contribution in [1.82, 2.24) is 0 Å². The van der Waals surface area contributed by atoms with Gasteiger partial charge in [0, 0.05) is 3.57 Å². The molecule has 0 saturated heterocycles. The summed E-state index contributed by atoms with van der Waals surface area (Å²) >= 11 is 2.13. The van der Waals surface area contributed by atoms with E-state index in [1.54, 1.807) is 18.2 Å². The van der Waals surface area contributed by atoms with Gasteiger partial charge in [-0.15, -0.1) is 0 Å². The van der Waals surface area contributed by atoms with E-state index in [-0.39, 0.29) is 11.3 Å². The lowest BCUT2D eigenvalue weighted by Gasteiger charge is -2.08. The van der Waals surface area contributed by atoms with E-state index < -0.39 is 5.82 Å². The van der Waals surface area contributed by atoms with E-state index in [0.717, 1.165) is 3.57 Å². The van der Waals surface area contributed by atoms with Crippen LogP contribution in [0.25, 0.3) is 0 Å². The topological polar surface area (TPSA) is 26.3 Å². The summed E-state index contributed by atoms with van der Waals surface area (Å²) < 4.78 is 19.9. The Morgan fingerprint density at radius 2 is 1.94 bits per heavy atom. The van der Waals surface area contributed by atoms with Crippen molar-refractivity contribution in [3.63, 3.8) is 0 Å². The number of rotatable bonds is 3. The lowest BCUT2D eigenvalue weighted by atomic mass is 10.2. The summed E-state index contributed by atoms with van der Waals surface area (Å²) in [5.74, 6) is -0.0805. The summed E-state index contributed by atoms with van der Waals surface area (Å²) in [7, 11) is 0. The minimum atomic E-state index is -0.548. The van der Waals surface area contributed by atoms with E-state index in [2.05, 4.69) is 22.6 Å². The van der Waals surface area contributed by atoms with Crippen molar-refractivity contribution in [3.05, 3.63) is 57.4 Å². The molecule has 0 N–H and O–H groups in total. The molecule has 86 valence electrons. The van der Waals surface area contributed by atoms with Gasteiger partial charge in [0.1, 0.15) is 5.75 Å². The third-order valence-electron chi connectivity index (χ3n) is 2.14. The first-order valence-electron chi connectivity index (χ1n) is 4.88. The van der Waals surface area contributed by atoms with Gasteiger partial charge in [-0.2, -0.15) is 0 Å². The molecular formula is C13H8FIO2. The number of para-hydroxylation sites is 1. The molecule has 0 saturated carbocycles. The maximum atomic E-state index is 13.5. The predicted octanol–water partition coefficient (Wildman–Crippen LogP) is 4.04. The van der Waals surface area contributed by atoms with Gasteiger partial charge in [-0.1, -0.05) is 12.1 Å². The first kappa shape index (κ1) is 12.0. The maximum Gasteiger partial charge on any atom is 0.173 e. The van der Waals surface area contributed by atoms with Crippen LogP contribution in [0.3, 0.4) is 0 Å². The molecule has 0 atom stereocenters. The maximum absolute atomic E-state index is 13.5. The monoisotopic (exact) mass is 342 g/mol. The Bertz CT molecular complexity index is 555. The number of hydrogen-bond donors (Lipinski definition) is 0. The number of halogens is 2. The van der Waals surface area contributed by atoms with Crippen LogP contribution in [0.15, 0.2) is 42.5 Å². The van der Waals surface area contributed by atoms with E-state index in [1.807, 2.05) is 6.07 Å². The van der Waals surface area contributed by atoms with E-state index in [0.29, 0.717) is 12.0 Å². The Morgan fingerprint density at radius 3 is 2.65 bits per heavy atom. The van der Waals surface area contributed by atoms with Crippen LogP contribution in [0, 0.1) is 9.39 Å². The fourth-order valence-electron chi connectivity index (χ4n) is 1.37. The summed E-state index contributed by atoms with van der Waals surface area (Å²) in [6.45, 7) is 0. The van der Waals surface area contributed by atoms with Crippen molar-refractivity contribution >= 4 is 28.9 Å². The Morgan fingerprint density at radius 1 is 1.18 bits per heavy atom. The molecule has 2 aromatic carbocycles. The normalized spacial score (nSPS) is 10.0. The molecule has 0 radical (unpaired) electrons. The highest BCUT2D eigenvalue weighted by Crippen LogP contribution is 2.28. The van der Waals surface area contributed by atoms with Gasteiger partial charge in [0.25, 0.3) is 0 Å². The zero-order valence-electron chi connectivity index (χ0n) is 8.69. The number of hydrogen-bond acceptors (Lipinski definition) is 2. The quantitative estimate of drug-likeness (QED) is 0.622. The van der Waals surface area contributed by atoms with Crippen LogP contribution < -0.4 is 4.74 Å².